The van der Waals surface area contributed by atoms with Crippen LogP contribution in [0.3, 0.4) is 0 Å². The van der Waals surface area contributed by atoms with Crippen molar-refractivity contribution < 1.29 is 13.2 Å². The number of likely N-dealkylation sites (N-methyl/N-ethyl adjacent to an activating group) is 1. The van der Waals surface area contributed by atoms with Gasteiger partial charge in [-0.25, -0.2) is 9.97 Å². The number of nitrogens with zero attached hydrogens (tertiary/aromatic N) is 4. The minimum Gasteiger partial charge on any atom is -0.327 e. The fourth-order valence-electron chi connectivity index (χ4n) is 2.77. The Hall–Kier alpha value is -1.86. The zero-order chi connectivity index (χ0) is 17.5. The standard InChI is InChI=1S/C16H16ClF3N4/c1-23(2)6-5-10-3-4-12-11(7-10)13-14(15(17)22-9-21-13)24(12)8-16(18,19)20/h3-4,7,9H,5-6,8H2,1-2H3. The summed E-state index contributed by atoms with van der Waals surface area (Å²) in [4.78, 5) is 10.0. The first kappa shape index (κ1) is 17.0. The molecule has 0 saturated carbocycles. The fraction of sp³-hybridized carbons (Fsp3) is 0.375. The smallest absolute Gasteiger partial charge is 0.327 e. The van der Waals surface area contributed by atoms with Crippen molar-refractivity contribution in [2.24, 2.45) is 0 Å². The van der Waals surface area contributed by atoms with Crippen LogP contribution in [-0.2, 0) is 13.0 Å². The van der Waals surface area contributed by atoms with Gasteiger partial charge in [0.25, 0.3) is 0 Å². The maximum atomic E-state index is 13.0. The molecule has 2 heterocycles. The molecule has 0 bridgehead atoms. The van der Waals surface area contributed by atoms with Gasteiger partial charge in [-0.1, -0.05) is 17.7 Å². The van der Waals surface area contributed by atoms with Gasteiger partial charge >= 0.3 is 6.18 Å². The highest BCUT2D eigenvalue weighted by atomic mass is 35.5. The van der Waals surface area contributed by atoms with Crippen LogP contribution in [0.5, 0.6) is 0 Å². The van der Waals surface area contributed by atoms with Crippen LogP contribution < -0.4 is 0 Å². The van der Waals surface area contributed by atoms with Gasteiger partial charge in [0.05, 0.1) is 5.52 Å². The van der Waals surface area contributed by atoms with Crippen LogP contribution in [0.4, 0.5) is 13.2 Å². The number of aromatic nitrogens is 3. The highest BCUT2D eigenvalue weighted by Gasteiger charge is 2.30. The molecule has 0 aliphatic carbocycles. The van der Waals surface area contributed by atoms with E-state index in [1.165, 1.54) is 6.33 Å². The van der Waals surface area contributed by atoms with Crippen molar-refractivity contribution in [2.75, 3.05) is 20.6 Å². The minimum atomic E-state index is -4.36. The molecular weight excluding hydrogens is 341 g/mol. The van der Waals surface area contributed by atoms with Gasteiger partial charge in [-0.05, 0) is 38.2 Å². The van der Waals surface area contributed by atoms with E-state index >= 15 is 0 Å². The van der Waals surface area contributed by atoms with Crippen molar-refractivity contribution in [1.29, 1.82) is 0 Å². The van der Waals surface area contributed by atoms with Crippen LogP contribution in [0.2, 0.25) is 5.15 Å². The Morgan fingerprint density at radius 1 is 1.21 bits per heavy atom. The summed E-state index contributed by atoms with van der Waals surface area (Å²) in [6.07, 6.45) is -2.29. The van der Waals surface area contributed by atoms with Crippen LogP contribution in [0.15, 0.2) is 24.5 Å². The SMILES string of the molecule is CN(C)CCc1ccc2c(c1)c1ncnc(Cl)c1n2CC(F)(F)F. The van der Waals surface area contributed by atoms with E-state index < -0.39 is 12.7 Å². The first-order valence-electron chi connectivity index (χ1n) is 7.39. The predicted octanol–water partition coefficient (Wildman–Crippen LogP) is 3.90. The number of fused-ring (bicyclic) bond motifs is 3. The minimum absolute atomic E-state index is 0.0234. The van der Waals surface area contributed by atoms with E-state index in [4.69, 9.17) is 11.6 Å². The Kier molecular flexibility index (Phi) is 4.40. The van der Waals surface area contributed by atoms with E-state index in [2.05, 4.69) is 14.9 Å². The topological polar surface area (TPSA) is 34.0 Å². The lowest BCUT2D eigenvalue weighted by Gasteiger charge is -2.11. The van der Waals surface area contributed by atoms with Crippen molar-refractivity contribution in [3.8, 4) is 0 Å². The molecule has 24 heavy (non-hydrogen) atoms. The summed E-state index contributed by atoms with van der Waals surface area (Å²) < 4.78 is 40.1. The highest BCUT2D eigenvalue weighted by molar-refractivity contribution is 6.34. The summed E-state index contributed by atoms with van der Waals surface area (Å²) in [5, 5.41) is 0.685. The number of halogens is 4. The number of hydrogen-bond donors (Lipinski definition) is 0. The molecule has 0 radical (unpaired) electrons. The van der Waals surface area contributed by atoms with Gasteiger partial charge < -0.3 is 9.47 Å². The molecular formula is C16H16ClF3N4. The molecule has 3 aromatic rings. The molecule has 0 aliphatic rings. The summed E-state index contributed by atoms with van der Waals surface area (Å²) in [6.45, 7) is -0.278. The summed E-state index contributed by atoms with van der Waals surface area (Å²) in [6, 6.07) is 5.43. The maximum absolute atomic E-state index is 13.0. The molecule has 3 rings (SSSR count). The van der Waals surface area contributed by atoms with E-state index in [0.717, 1.165) is 23.1 Å². The van der Waals surface area contributed by atoms with Crippen molar-refractivity contribution >= 4 is 33.5 Å². The molecule has 4 nitrogen and oxygen atoms in total. The first-order valence-corrected chi connectivity index (χ1v) is 7.77. The second-order valence-electron chi connectivity index (χ2n) is 5.97. The maximum Gasteiger partial charge on any atom is 0.406 e. The lowest BCUT2D eigenvalue weighted by Crippen LogP contribution is -2.17. The van der Waals surface area contributed by atoms with E-state index in [1.807, 2.05) is 26.2 Å². The molecule has 0 unspecified atom stereocenters. The Bertz CT molecular complexity index is 886. The highest BCUT2D eigenvalue weighted by Crippen LogP contribution is 2.34. The Balaban J connectivity index is 2.20. The van der Waals surface area contributed by atoms with E-state index in [9.17, 15) is 13.2 Å². The van der Waals surface area contributed by atoms with Crippen molar-refractivity contribution in [1.82, 2.24) is 19.4 Å². The summed E-state index contributed by atoms with van der Waals surface area (Å²) in [7, 11) is 3.95. The van der Waals surface area contributed by atoms with Crippen LogP contribution in [-0.4, -0.2) is 46.3 Å². The van der Waals surface area contributed by atoms with Crippen molar-refractivity contribution in [3.63, 3.8) is 0 Å². The molecule has 2 aromatic heterocycles. The number of benzene rings is 1. The molecule has 0 atom stereocenters. The summed E-state index contributed by atoms with van der Waals surface area (Å²) in [5.74, 6) is 0. The molecule has 128 valence electrons. The van der Waals surface area contributed by atoms with Gasteiger partial charge in [0.1, 0.15) is 23.9 Å². The summed E-state index contributed by atoms with van der Waals surface area (Å²) in [5.41, 5.74) is 2.16. The molecule has 0 fully saturated rings. The van der Waals surface area contributed by atoms with Crippen LogP contribution in [0.1, 0.15) is 5.56 Å². The van der Waals surface area contributed by atoms with Gasteiger partial charge in [-0.15, -0.1) is 0 Å². The van der Waals surface area contributed by atoms with Crippen LogP contribution in [0.25, 0.3) is 21.9 Å². The zero-order valence-corrected chi connectivity index (χ0v) is 14.0. The molecule has 0 amide bonds. The molecule has 0 spiro atoms. The normalized spacial score (nSPS) is 12.6. The Morgan fingerprint density at radius 2 is 1.96 bits per heavy atom. The first-order chi connectivity index (χ1) is 11.3. The average Bonchev–Trinajstić information content (AvgIpc) is 2.79. The summed E-state index contributed by atoms with van der Waals surface area (Å²) >= 11 is 6.06. The van der Waals surface area contributed by atoms with Gasteiger partial charge in [0.2, 0.25) is 0 Å². The van der Waals surface area contributed by atoms with Crippen LogP contribution in [0, 0.1) is 0 Å². The number of alkyl halides is 3. The predicted molar refractivity (Wildman–Crippen MR) is 88.4 cm³/mol. The zero-order valence-electron chi connectivity index (χ0n) is 13.2. The van der Waals surface area contributed by atoms with Gasteiger partial charge in [-0.2, -0.15) is 13.2 Å². The van der Waals surface area contributed by atoms with Gasteiger partial charge in [0, 0.05) is 11.9 Å². The van der Waals surface area contributed by atoms with Crippen molar-refractivity contribution in [3.05, 3.63) is 35.2 Å². The van der Waals surface area contributed by atoms with Gasteiger partial charge in [-0.3, -0.25) is 0 Å². The van der Waals surface area contributed by atoms with E-state index in [0.29, 0.717) is 16.4 Å². The largest absolute Gasteiger partial charge is 0.406 e. The Labute approximate surface area is 141 Å². The molecule has 8 heteroatoms. The third kappa shape index (κ3) is 3.32. The third-order valence-corrected chi connectivity index (χ3v) is 4.12. The average molecular weight is 357 g/mol. The fourth-order valence-corrected chi connectivity index (χ4v) is 3.01. The van der Waals surface area contributed by atoms with E-state index in [1.54, 1.807) is 6.07 Å². The van der Waals surface area contributed by atoms with E-state index in [-0.39, 0.29) is 10.7 Å². The number of hydrogen-bond acceptors (Lipinski definition) is 3. The second kappa shape index (κ2) is 6.22. The molecule has 1 aromatic carbocycles. The third-order valence-electron chi connectivity index (χ3n) is 3.84. The van der Waals surface area contributed by atoms with Gasteiger partial charge in [0.15, 0.2) is 5.15 Å². The number of rotatable bonds is 4. The van der Waals surface area contributed by atoms with Crippen molar-refractivity contribution in [2.45, 2.75) is 19.1 Å². The molecule has 0 aliphatic heterocycles. The Morgan fingerprint density at radius 3 is 2.62 bits per heavy atom. The lowest BCUT2D eigenvalue weighted by molar-refractivity contribution is -0.139. The monoisotopic (exact) mass is 356 g/mol. The van der Waals surface area contributed by atoms with Crippen LogP contribution >= 0.6 is 11.6 Å². The lowest BCUT2D eigenvalue weighted by atomic mass is 10.1. The molecule has 0 saturated heterocycles. The quantitative estimate of drug-likeness (QED) is 0.665. The second-order valence-corrected chi connectivity index (χ2v) is 6.33. The molecule has 0 N–H and O–H groups in total.